The van der Waals surface area contributed by atoms with E-state index in [1.54, 1.807) is 32.9 Å². The maximum atomic E-state index is 13.8. The molecule has 2 unspecified atom stereocenters. The third kappa shape index (κ3) is 2.03. The lowest BCUT2D eigenvalue weighted by Gasteiger charge is -2.44. The highest BCUT2D eigenvalue weighted by molar-refractivity contribution is 6.11. The van der Waals surface area contributed by atoms with Gasteiger partial charge in [-0.2, -0.15) is 0 Å². The number of carbonyl (C=O) groups excluding carboxylic acids is 2. The monoisotopic (exact) mass is 290 g/mol. The Morgan fingerprint density at radius 3 is 2.62 bits per heavy atom. The molecule has 0 bridgehead atoms. The molecule has 2 amide bonds. The van der Waals surface area contributed by atoms with Crippen LogP contribution >= 0.6 is 0 Å². The molecule has 5 heteroatoms. The van der Waals surface area contributed by atoms with Crippen LogP contribution < -0.4 is 10.2 Å². The largest absolute Gasteiger partial charge is 0.340 e. The first-order valence-electron chi connectivity index (χ1n) is 7.27. The Morgan fingerprint density at radius 1 is 1.33 bits per heavy atom. The van der Waals surface area contributed by atoms with E-state index in [9.17, 15) is 14.0 Å². The fraction of sp³-hybridized carbons (Fsp3) is 0.500. The van der Waals surface area contributed by atoms with E-state index in [-0.39, 0.29) is 23.5 Å². The van der Waals surface area contributed by atoms with Crippen molar-refractivity contribution in [3.8, 4) is 0 Å². The van der Waals surface area contributed by atoms with Gasteiger partial charge in [-0.15, -0.1) is 0 Å². The van der Waals surface area contributed by atoms with Crippen molar-refractivity contribution in [3.05, 3.63) is 29.6 Å². The number of piperazine rings is 1. The molecule has 0 spiro atoms. The van der Waals surface area contributed by atoms with Crippen molar-refractivity contribution in [2.24, 2.45) is 5.92 Å². The molecule has 1 aromatic rings. The van der Waals surface area contributed by atoms with Gasteiger partial charge in [-0.1, -0.05) is 6.07 Å². The second-order valence-corrected chi connectivity index (χ2v) is 6.20. The summed E-state index contributed by atoms with van der Waals surface area (Å²) in [5, 5.41) is 2.86. The molecule has 0 aromatic heterocycles. The molecule has 2 fully saturated rings. The topological polar surface area (TPSA) is 49.4 Å². The molecule has 3 rings (SSSR count). The number of nitrogens with one attached hydrogen (secondary N) is 1. The van der Waals surface area contributed by atoms with Crippen molar-refractivity contribution in [2.75, 3.05) is 4.90 Å². The van der Waals surface area contributed by atoms with Crippen molar-refractivity contribution in [1.82, 2.24) is 5.32 Å². The van der Waals surface area contributed by atoms with E-state index in [0.29, 0.717) is 11.3 Å². The van der Waals surface area contributed by atoms with Crippen LogP contribution in [0.2, 0.25) is 0 Å². The van der Waals surface area contributed by atoms with Crippen LogP contribution in [0, 0.1) is 18.7 Å². The fourth-order valence-corrected chi connectivity index (χ4v) is 3.07. The van der Waals surface area contributed by atoms with Gasteiger partial charge in [0.25, 0.3) is 5.91 Å². The standard InChI is InChI=1S/C16H19FN2O2/c1-9-12(17)5-4-6-13(9)19-10(2)14(20)18-16(3,15(19)21)11-7-8-11/h4-6,10-11H,7-8H2,1-3H3,(H,18,20). The molecule has 1 saturated heterocycles. The van der Waals surface area contributed by atoms with Crippen molar-refractivity contribution in [3.63, 3.8) is 0 Å². The number of hydrogen-bond acceptors (Lipinski definition) is 2. The highest BCUT2D eigenvalue weighted by Crippen LogP contribution is 2.43. The normalized spacial score (nSPS) is 29.5. The minimum Gasteiger partial charge on any atom is -0.340 e. The first kappa shape index (κ1) is 14.0. The summed E-state index contributed by atoms with van der Waals surface area (Å²) in [6.45, 7) is 5.08. The number of halogens is 1. The summed E-state index contributed by atoms with van der Waals surface area (Å²) in [6.07, 6.45) is 1.87. The van der Waals surface area contributed by atoms with Crippen molar-refractivity contribution >= 4 is 17.5 Å². The zero-order valence-corrected chi connectivity index (χ0v) is 12.4. The van der Waals surface area contributed by atoms with E-state index < -0.39 is 11.6 Å². The Hall–Kier alpha value is -1.91. The number of anilines is 1. The second kappa shape index (κ2) is 4.55. The van der Waals surface area contributed by atoms with Crippen LogP contribution in [-0.4, -0.2) is 23.4 Å². The average molecular weight is 290 g/mol. The van der Waals surface area contributed by atoms with Crippen molar-refractivity contribution < 1.29 is 14.0 Å². The van der Waals surface area contributed by atoms with Gasteiger partial charge in [0, 0.05) is 5.56 Å². The molecule has 1 heterocycles. The van der Waals surface area contributed by atoms with Crippen LogP contribution in [0.3, 0.4) is 0 Å². The molecule has 1 saturated carbocycles. The first-order chi connectivity index (χ1) is 9.86. The summed E-state index contributed by atoms with van der Waals surface area (Å²) >= 11 is 0. The summed E-state index contributed by atoms with van der Waals surface area (Å²) in [4.78, 5) is 26.7. The number of carbonyl (C=O) groups is 2. The lowest BCUT2D eigenvalue weighted by Crippen LogP contribution is -2.70. The van der Waals surface area contributed by atoms with Gasteiger partial charge in [0.2, 0.25) is 5.91 Å². The fourth-order valence-electron chi connectivity index (χ4n) is 3.07. The lowest BCUT2D eigenvalue weighted by molar-refractivity contribution is -0.138. The molecule has 2 atom stereocenters. The van der Waals surface area contributed by atoms with Gasteiger partial charge < -0.3 is 5.32 Å². The van der Waals surface area contributed by atoms with Crippen LogP contribution in [0.25, 0.3) is 0 Å². The summed E-state index contributed by atoms with van der Waals surface area (Å²) < 4.78 is 13.8. The zero-order chi connectivity index (χ0) is 15.4. The van der Waals surface area contributed by atoms with Gasteiger partial charge in [0.05, 0.1) is 5.69 Å². The molecule has 112 valence electrons. The maximum Gasteiger partial charge on any atom is 0.253 e. The van der Waals surface area contributed by atoms with E-state index in [2.05, 4.69) is 5.32 Å². The molecule has 1 aliphatic heterocycles. The van der Waals surface area contributed by atoms with Crippen molar-refractivity contribution in [2.45, 2.75) is 45.2 Å². The number of benzene rings is 1. The molecule has 0 radical (unpaired) electrons. The first-order valence-corrected chi connectivity index (χ1v) is 7.27. The Kier molecular flexibility index (Phi) is 3.04. The Balaban J connectivity index is 2.08. The third-order valence-corrected chi connectivity index (χ3v) is 4.71. The predicted octanol–water partition coefficient (Wildman–Crippen LogP) is 2.15. The van der Waals surface area contributed by atoms with Gasteiger partial charge in [0.1, 0.15) is 17.4 Å². The van der Waals surface area contributed by atoms with E-state index >= 15 is 0 Å². The van der Waals surface area contributed by atoms with E-state index in [4.69, 9.17) is 0 Å². The summed E-state index contributed by atoms with van der Waals surface area (Å²) in [5.74, 6) is -0.525. The summed E-state index contributed by atoms with van der Waals surface area (Å²) in [6, 6.07) is 3.99. The van der Waals surface area contributed by atoms with E-state index in [1.807, 2.05) is 0 Å². The van der Waals surface area contributed by atoms with Gasteiger partial charge >= 0.3 is 0 Å². The van der Waals surface area contributed by atoms with Crippen LogP contribution in [-0.2, 0) is 9.59 Å². The van der Waals surface area contributed by atoms with Crippen LogP contribution in [0.1, 0.15) is 32.3 Å². The van der Waals surface area contributed by atoms with Crippen molar-refractivity contribution in [1.29, 1.82) is 0 Å². The van der Waals surface area contributed by atoms with E-state index in [0.717, 1.165) is 12.8 Å². The number of hydrogen-bond donors (Lipinski definition) is 1. The molecule has 1 aromatic carbocycles. The Morgan fingerprint density at radius 2 is 2.00 bits per heavy atom. The van der Waals surface area contributed by atoms with Gasteiger partial charge in [0.15, 0.2) is 0 Å². The second-order valence-electron chi connectivity index (χ2n) is 6.20. The SMILES string of the molecule is Cc1c(F)cccc1N1C(=O)C(C)(C2CC2)NC(=O)C1C. The highest BCUT2D eigenvalue weighted by Gasteiger charge is 2.55. The molecular formula is C16H19FN2O2. The van der Waals surface area contributed by atoms with E-state index in [1.165, 1.54) is 11.0 Å². The van der Waals surface area contributed by atoms with Gasteiger partial charge in [-0.3, -0.25) is 14.5 Å². The highest BCUT2D eigenvalue weighted by atomic mass is 19.1. The molecule has 4 nitrogen and oxygen atoms in total. The van der Waals surface area contributed by atoms with Gasteiger partial charge in [-0.25, -0.2) is 4.39 Å². The quantitative estimate of drug-likeness (QED) is 0.907. The number of nitrogens with zero attached hydrogens (tertiary/aromatic N) is 1. The summed E-state index contributed by atoms with van der Waals surface area (Å²) in [5.41, 5.74) is 0.00212. The third-order valence-electron chi connectivity index (χ3n) is 4.71. The van der Waals surface area contributed by atoms with Gasteiger partial charge in [-0.05, 0) is 51.7 Å². The molecule has 1 aliphatic carbocycles. The molecule has 21 heavy (non-hydrogen) atoms. The average Bonchev–Trinajstić information content (AvgIpc) is 3.26. The molecular weight excluding hydrogens is 271 g/mol. The molecule has 1 N–H and O–H groups in total. The number of rotatable bonds is 2. The van der Waals surface area contributed by atoms with Crippen LogP contribution in [0.4, 0.5) is 10.1 Å². The molecule has 2 aliphatic rings. The smallest absolute Gasteiger partial charge is 0.253 e. The predicted molar refractivity (Wildman–Crippen MR) is 77.4 cm³/mol. The Bertz CT molecular complexity index is 627. The minimum atomic E-state index is -0.873. The maximum absolute atomic E-state index is 13.8. The van der Waals surface area contributed by atoms with Crippen LogP contribution in [0.15, 0.2) is 18.2 Å². The lowest BCUT2D eigenvalue weighted by atomic mass is 9.89. The summed E-state index contributed by atoms with van der Waals surface area (Å²) in [7, 11) is 0. The zero-order valence-electron chi connectivity index (χ0n) is 12.4. The van der Waals surface area contributed by atoms with Crippen LogP contribution in [0.5, 0.6) is 0 Å². The number of amides is 2. The Labute approximate surface area is 123 Å². The minimum absolute atomic E-state index is 0.147.